The summed E-state index contributed by atoms with van der Waals surface area (Å²) < 4.78 is 5.30. The highest BCUT2D eigenvalue weighted by Crippen LogP contribution is 2.31. The number of rotatable bonds is 1. The van der Waals surface area contributed by atoms with Gasteiger partial charge in [-0.05, 0) is 36.6 Å². The number of ketones is 2. The molecule has 0 unspecified atom stereocenters. The van der Waals surface area contributed by atoms with Gasteiger partial charge in [-0.3, -0.25) is 9.59 Å². The van der Waals surface area contributed by atoms with Gasteiger partial charge in [-0.2, -0.15) is 0 Å². The second-order valence-electron chi connectivity index (χ2n) is 4.60. The van der Waals surface area contributed by atoms with Crippen LogP contribution in [0.2, 0.25) is 0 Å². The van der Waals surface area contributed by atoms with Crippen molar-refractivity contribution in [2.45, 2.75) is 6.92 Å². The molecule has 3 heteroatoms. The zero-order chi connectivity index (χ0) is 13.6. The molecule has 0 fully saturated rings. The quantitative estimate of drug-likeness (QED) is 0.783. The number of Topliss-reactive ketones (excluding diaryl/α,β-unsaturated/α-hetero) is 1. The summed E-state index contributed by atoms with van der Waals surface area (Å²) in [7, 11) is 1.59. The molecule has 0 radical (unpaired) electrons. The van der Waals surface area contributed by atoms with Crippen molar-refractivity contribution in [2.24, 2.45) is 0 Å². The average molecular weight is 252 g/mol. The first kappa shape index (κ1) is 11.7. The highest BCUT2D eigenvalue weighted by atomic mass is 16.5. The number of carbonyl (C=O) groups excluding carboxylic acids is 2. The molecule has 94 valence electrons. The predicted octanol–water partition coefficient (Wildman–Crippen LogP) is 3.17. The molecule has 0 saturated heterocycles. The lowest BCUT2D eigenvalue weighted by molar-refractivity contribution is 0.0985. The Kier molecular flexibility index (Phi) is 2.49. The summed E-state index contributed by atoms with van der Waals surface area (Å²) in [5.74, 6) is 0.493. The van der Waals surface area contributed by atoms with Crippen molar-refractivity contribution in [3.05, 3.63) is 53.1 Å². The van der Waals surface area contributed by atoms with Gasteiger partial charge in [-0.15, -0.1) is 0 Å². The minimum absolute atomic E-state index is 0.0950. The minimum Gasteiger partial charge on any atom is -0.496 e. The Morgan fingerprint density at radius 2 is 1.84 bits per heavy atom. The molecule has 0 aromatic heterocycles. The summed E-state index contributed by atoms with van der Waals surface area (Å²) in [5.41, 5.74) is 1.41. The van der Waals surface area contributed by atoms with Crippen LogP contribution in [-0.2, 0) is 0 Å². The number of carbonyl (C=O) groups is 2. The van der Waals surface area contributed by atoms with E-state index in [1.54, 1.807) is 26.2 Å². The molecule has 1 aliphatic rings. The topological polar surface area (TPSA) is 43.4 Å². The zero-order valence-electron chi connectivity index (χ0n) is 10.7. The van der Waals surface area contributed by atoms with E-state index in [1.165, 1.54) is 6.08 Å². The monoisotopic (exact) mass is 252 g/mol. The fourth-order valence-corrected chi connectivity index (χ4v) is 2.42. The fraction of sp³-hybridized carbons (Fsp3) is 0.125. The van der Waals surface area contributed by atoms with Gasteiger partial charge in [0.25, 0.3) is 0 Å². The lowest BCUT2D eigenvalue weighted by Gasteiger charge is -2.15. The first-order valence-corrected chi connectivity index (χ1v) is 6.00. The summed E-state index contributed by atoms with van der Waals surface area (Å²) in [4.78, 5) is 24.1. The van der Waals surface area contributed by atoms with E-state index < -0.39 is 0 Å². The highest BCUT2D eigenvalue weighted by molar-refractivity contribution is 6.25. The van der Waals surface area contributed by atoms with Gasteiger partial charge in [-0.1, -0.05) is 12.1 Å². The minimum atomic E-state index is -0.114. The molecule has 0 bridgehead atoms. The average Bonchev–Trinajstić information content (AvgIpc) is 2.42. The van der Waals surface area contributed by atoms with Gasteiger partial charge in [0.05, 0.1) is 7.11 Å². The van der Waals surface area contributed by atoms with E-state index in [0.717, 1.165) is 10.8 Å². The molecule has 0 N–H and O–H groups in total. The second kappa shape index (κ2) is 4.05. The molecule has 0 aliphatic heterocycles. The smallest absolute Gasteiger partial charge is 0.189 e. The molecule has 0 amide bonds. The van der Waals surface area contributed by atoms with Crippen molar-refractivity contribution in [2.75, 3.05) is 7.11 Å². The number of allylic oxidation sites excluding steroid dienone is 2. The van der Waals surface area contributed by atoms with E-state index >= 15 is 0 Å². The maximum atomic E-state index is 12.1. The Balaban J connectivity index is 2.37. The second-order valence-corrected chi connectivity index (χ2v) is 4.60. The van der Waals surface area contributed by atoms with Gasteiger partial charge in [0.1, 0.15) is 5.75 Å². The van der Waals surface area contributed by atoms with Gasteiger partial charge >= 0.3 is 0 Å². The number of methoxy groups -OCH3 is 1. The van der Waals surface area contributed by atoms with Crippen LogP contribution in [0.5, 0.6) is 5.75 Å². The Hall–Kier alpha value is -2.42. The molecule has 2 aromatic carbocycles. The number of hydrogen-bond donors (Lipinski definition) is 0. The summed E-state index contributed by atoms with van der Waals surface area (Å²) in [6.45, 7) is 1.66. The van der Waals surface area contributed by atoms with E-state index in [-0.39, 0.29) is 11.6 Å². The summed E-state index contributed by atoms with van der Waals surface area (Å²) in [6.07, 6.45) is 1.40. The molecule has 2 aromatic rings. The van der Waals surface area contributed by atoms with Crippen molar-refractivity contribution >= 4 is 22.3 Å². The van der Waals surface area contributed by atoms with Crippen LogP contribution in [0.15, 0.2) is 42.0 Å². The lowest BCUT2D eigenvalue weighted by atomic mass is 9.88. The third-order valence-electron chi connectivity index (χ3n) is 3.41. The van der Waals surface area contributed by atoms with Crippen molar-refractivity contribution in [3.63, 3.8) is 0 Å². The zero-order valence-corrected chi connectivity index (χ0v) is 10.7. The van der Waals surface area contributed by atoms with E-state index in [0.29, 0.717) is 22.4 Å². The van der Waals surface area contributed by atoms with Crippen LogP contribution in [0.1, 0.15) is 27.6 Å². The largest absolute Gasteiger partial charge is 0.496 e. The van der Waals surface area contributed by atoms with E-state index in [2.05, 4.69) is 0 Å². The third kappa shape index (κ3) is 1.66. The number of fused-ring (bicyclic) bond motifs is 2. The molecule has 3 rings (SSSR count). The molecule has 1 aliphatic carbocycles. The van der Waals surface area contributed by atoms with Gasteiger partial charge in [0.2, 0.25) is 0 Å². The molecule has 3 nitrogen and oxygen atoms in total. The highest BCUT2D eigenvalue weighted by Gasteiger charge is 2.24. The molecule has 0 atom stereocenters. The molecule has 19 heavy (non-hydrogen) atoms. The van der Waals surface area contributed by atoms with Crippen LogP contribution in [-0.4, -0.2) is 18.7 Å². The Morgan fingerprint density at radius 3 is 2.58 bits per heavy atom. The van der Waals surface area contributed by atoms with Crippen molar-refractivity contribution in [3.8, 4) is 5.75 Å². The molecule has 0 spiro atoms. The normalized spacial score (nSPS) is 14.3. The van der Waals surface area contributed by atoms with Crippen LogP contribution in [0.3, 0.4) is 0 Å². The third-order valence-corrected chi connectivity index (χ3v) is 3.41. The SMILES string of the molecule is COc1cccc2cc3c(cc12)C(=O)C(C)=CC3=O. The Labute approximate surface area is 110 Å². The van der Waals surface area contributed by atoms with Crippen LogP contribution in [0, 0.1) is 0 Å². The van der Waals surface area contributed by atoms with Crippen LogP contribution in [0.4, 0.5) is 0 Å². The molecular formula is C16H12O3. The first-order valence-electron chi connectivity index (χ1n) is 6.00. The van der Waals surface area contributed by atoms with Crippen molar-refractivity contribution in [1.29, 1.82) is 0 Å². The van der Waals surface area contributed by atoms with Gasteiger partial charge < -0.3 is 4.74 Å². The first-order chi connectivity index (χ1) is 9.11. The van der Waals surface area contributed by atoms with Crippen LogP contribution >= 0.6 is 0 Å². The predicted molar refractivity (Wildman–Crippen MR) is 72.9 cm³/mol. The van der Waals surface area contributed by atoms with Crippen molar-refractivity contribution in [1.82, 2.24) is 0 Å². The van der Waals surface area contributed by atoms with E-state index in [4.69, 9.17) is 4.74 Å². The van der Waals surface area contributed by atoms with Crippen molar-refractivity contribution < 1.29 is 14.3 Å². The summed E-state index contributed by atoms with van der Waals surface area (Å²) in [6, 6.07) is 9.12. The molecule has 0 saturated carbocycles. The van der Waals surface area contributed by atoms with Crippen LogP contribution < -0.4 is 4.74 Å². The Morgan fingerprint density at radius 1 is 1.05 bits per heavy atom. The van der Waals surface area contributed by atoms with Gasteiger partial charge in [0.15, 0.2) is 11.6 Å². The molecule has 0 heterocycles. The summed E-state index contributed by atoms with van der Waals surface area (Å²) >= 11 is 0. The maximum Gasteiger partial charge on any atom is 0.189 e. The number of hydrogen-bond acceptors (Lipinski definition) is 3. The summed E-state index contributed by atoms with van der Waals surface area (Å²) in [5, 5.41) is 1.74. The standard InChI is InChI=1S/C16H12O3/c1-9-6-14(17)12-7-10-4-3-5-15(19-2)11(10)8-13(12)16(9)18/h3-8H,1-2H3. The lowest BCUT2D eigenvalue weighted by Crippen LogP contribution is -2.15. The van der Waals surface area contributed by atoms with Gasteiger partial charge in [0, 0.05) is 22.1 Å². The molecular weight excluding hydrogens is 240 g/mol. The van der Waals surface area contributed by atoms with E-state index in [9.17, 15) is 9.59 Å². The maximum absolute atomic E-state index is 12.1. The number of benzene rings is 2. The van der Waals surface area contributed by atoms with Crippen LogP contribution in [0.25, 0.3) is 10.8 Å². The fourth-order valence-electron chi connectivity index (χ4n) is 2.42. The van der Waals surface area contributed by atoms with E-state index in [1.807, 2.05) is 18.2 Å². The number of ether oxygens (including phenoxy) is 1. The Bertz CT molecular complexity index is 754. The van der Waals surface area contributed by atoms with Gasteiger partial charge in [-0.25, -0.2) is 0 Å².